The SMILES string of the molecule is CCN(c1c2c(nc3c(-c4ccc(OC)cc4C)c(C)nn13)CCC2)C1CCC1. The fraction of sp³-hybridized carbons (Fsp3) is 0.500. The molecule has 5 heteroatoms. The Kier molecular flexibility index (Phi) is 4.49. The van der Waals surface area contributed by atoms with Crippen LogP contribution in [0, 0.1) is 13.8 Å². The molecule has 0 amide bonds. The maximum Gasteiger partial charge on any atom is 0.165 e. The van der Waals surface area contributed by atoms with Gasteiger partial charge in [0, 0.05) is 29.4 Å². The van der Waals surface area contributed by atoms with Crippen molar-refractivity contribution in [2.75, 3.05) is 18.6 Å². The quantitative estimate of drug-likeness (QED) is 0.622. The van der Waals surface area contributed by atoms with Crippen molar-refractivity contribution in [3.8, 4) is 16.9 Å². The highest BCUT2D eigenvalue weighted by atomic mass is 16.5. The first-order valence-electron chi connectivity index (χ1n) is 10.9. The summed E-state index contributed by atoms with van der Waals surface area (Å²) in [5.74, 6) is 2.19. The van der Waals surface area contributed by atoms with Crippen LogP contribution in [-0.2, 0) is 12.8 Å². The molecule has 5 rings (SSSR count). The van der Waals surface area contributed by atoms with Crippen molar-refractivity contribution < 1.29 is 4.74 Å². The molecule has 0 saturated heterocycles. The summed E-state index contributed by atoms with van der Waals surface area (Å²) in [7, 11) is 1.71. The van der Waals surface area contributed by atoms with Gasteiger partial charge in [-0.05, 0) is 82.6 Å². The molecule has 1 saturated carbocycles. The number of benzene rings is 1. The van der Waals surface area contributed by atoms with Crippen LogP contribution in [0.25, 0.3) is 16.8 Å². The largest absolute Gasteiger partial charge is 0.497 e. The number of aryl methyl sites for hydroxylation is 3. The van der Waals surface area contributed by atoms with Gasteiger partial charge in [0.25, 0.3) is 0 Å². The van der Waals surface area contributed by atoms with E-state index in [-0.39, 0.29) is 0 Å². The molecule has 1 aromatic carbocycles. The molecule has 1 fully saturated rings. The Bertz CT molecular complexity index is 1080. The zero-order valence-corrected chi connectivity index (χ0v) is 18.0. The number of anilines is 1. The van der Waals surface area contributed by atoms with Crippen LogP contribution >= 0.6 is 0 Å². The van der Waals surface area contributed by atoms with Gasteiger partial charge in [0.15, 0.2) is 5.65 Å². The van der Waals surface area contributed by atoms with Gasteiger partial charge in [0.05, 0.1) is 12.8 Å². The lowest BCUT2D eigenvalue weighted by Gasteiger charge is -2.39. The molecule has 2 heterocycles. The van der Waals surface area contributed by atoms with Gasteiger partial charge in [0.2, 0.25) is 0 Å². The molecule has 2 aliphatic rings. The van der Waals surface area contributed by atoms with E-state index in [0.717, 1.165) is 42.0 Å². The molecule has 5 nitrogen and oxygen atoms in total. The van der Waals surface area contributed by atoms with E-state index >= 15 is 0 Å². The Morgan fingerprint density at radius 2 is 2.00 bits per heavy atom. The highest BCUT2D eigenvalue weighted by molar-refractivity contribution is 5.83. The highest BCUT2D eigenvalue weighted by Gasteiger charge is 2.32. The van der Waals surface area contributed by atoms with Gasteiger partial charge >= 0.3 is 0 Å². The van der Waals surface area contributed by atoms with Crippen LogP contribution in [0.2, 0.25) is 0 Å². The second-order valence-electron chi connectivity index (χ2n) is 8.46. The first-order chi connectivity index (χ1) is 14.1. The Hall–Kier alpha value is -2.56. The zero-order valence-electron chi connectivity index (χ0n) is 18.0. The molecule has 0 unspecified atom stereocenters. The van der Waals surface area contributed by atoms with E-state index in [1.165, 1.54) is 53.9 Å². The van der Waals surface area contributed by atoms with Crippen molar-refractivity contribution in [1.29, 1.82) is 0 Å². The van der Waals surface area contributed by atoms with Crippen molar-refractivity contribution in [2.24, 2.45) is 0 Å². The van der Waals surface area contributed by atoms with Crippen molar-refractivity contribution in [3.63, 3.8) is 0 Å². The lowest BCUT2D eigenvalue weighted by Crippen LogP contribution is -2.42. The fourth-order valence-corrected chi connectivity index (χ4v) is 5.05. The monoisotopic (exact) mass is 390 g/mol. The molecule has 0 spiro atoms. The number of hydrogen-bond donors (Lipinski definition) is 0. The van der Waals surface area contributed by atoms with E-state index in [1.54, 1.807) is 7.11 Å². The fourth-order valence-electron chi connectivity index (χ4n) is 5.05. The summed E-state index contributed by atoms with van der Waals surface area (Å²) in [4.78, 5) is 7.76. The number of methoxy groups -OCH3 is 1. The van der Waals surface area contributed by atoms with Crippen LogP contribution in [0.4, 0.5) is 5.82 Å². The molecule has 2 aromatic heterocycles. The normalized spacial score (nSPS) is 16.1. The Morgan fingerprint density at radius 1 is 1.17 bits per heavy atom. The summed E-state index contributed by atoms with van der Waals surface area (Å²) in [6.45, 7) is 7.55. The van der Waals surface area contributed by atoms with Gasteiger partial charge < -0.3 is 9.64 Å². The van der Waals surface area contributed by atoms with Gasteiger partial charge in [-0.1, -0.05) is 6.07 Å². The lowest BCUT2D eigenvalue weighted by molar-refractivity contribution is 0.386. The van der Waals surface area contributed by atoms with E-state index in [0.29, 0.717) is 6.04 Å². The number of fused-ring (bicyclic) bond motifs is 2. The van der Waals surface area contributed by atoms with Crippen molar-refractivity contribution in [3.05, 3.63) is 40.7 Å². The number of aromatic nitrogens is 3. The average molecular weight is 391 g/mol. The van der Waals surface area contributed by atoms with E-state index in [9.17, 15) is 0 Å². The van der Waals surface area contributed by atoms with Gasteiger partial charge in [-0.15, -0.1) is 0 Å². The first-order valence-corrected chi connectivity index (χ1v) is 10.9. The van der Waals surface area contributed by atoms with Gasteiger partial charge in [-0.3, -0.25) is 0 Å². The maximum absolute atomic E-state index is 5.41. The highest BCUT2D eigenvalue weighted by Crippen LogP contribution is 2.39. The van der Waals surface area contributed by atoms with E-state index in [1.807, 2.05) is 6.07 Å². The Morgan fingerprint density at radius 3 is 2.66 bits per heavy atom. The van der Waals surface area contributed by atoms with Crippen LogP contribution in [0.15, 0.2) is 18.2 Å². The predicted octanol–water partition coefficient (Wildman–Crippen LogP) is 4.89. The number of hydrogen-bond acceptors (Lipinski definition) is 4. The summed E-state index contributed by atoms with van der Waals surface area (Å²) in [5.41, 5.74) is 8.29. The summed E-state index contributed by atoms with van der Waals surface area (Å²) in [6, 6.07) is 6.92. The topological polar surface area (TPSA) is 42.7 Å². The van der Waals surface area contributed by atoms with Crippen LogP contribution in [0.1, 0.15) is 55.1 Å². The zero-order chi connectivity index (χ0) is 20.1. The van der Waals surface area contributed by atoms with E-state index in [2.05, 4.69) is 42.3 Å². The molecule has 0 bridgehead atoms. The van der Waals surface area contributed by atoms with Crippen LogP contribution < -0.4 is 9.64 Å². The van der Waals surface area contributed by atoms with Crippen molar-refractivity contribution in [2.45, 2.75) is 65.3 Å². The molecular weight excluding hydrogens is 360 g/mol. The van der Waals surface area contributed by atoms with Gasteiger partial charge in [-0.2, -0.15) is 9.61 Å². The van der Waals surface area contributed by atoms with E-state index < -0.39 is 0 Å². The molecule has 3 aromatic rings. The summed E-state index contributed by atoms with van der Waals surface area (Å²) < 4.78 is 7.57. The third-order valence-corrected chi connectivity index (χ3v) is 6.77. The third-order valence-electron chi connectivity index (χ3n) is 6.77. The average Bonchev–Trinajstić information content (AvgIpc) is 3.26. The third kappa shape index (κ3) is 2.82. The molecule has 0 radical (unpaired) electrons. The summed E-state index contributed by atoms with van der Waals surface area (Å²) in [6.07, 6.45) is 7.31. The molecule has 0 atom stereocenters. The standard InChI is InChI=1S/C24H30N4O/c1-5-27(17-8-6-9-17)24-20-10-7-11-21(20)25-23-22(16(3)26-28(23)24)19-13-12-18(29-4)14-15(19)2/h12-14,17H,5-11H2,1-4H3. The number of nitrogens with zero attached hydrogens (tertiary/aromatic N) is 4. The van der Waals surface area contributed by atoms with Crippen molar-refractivity contribution in [1.82, 2.24) is 14.6 Å². The predicted molar refractivity (Wildman–Crippen MR) is 117 cm³/mol. The first kappa shape index (κ1) is 18.5. The summed E-state index contributed by atoms with van der Waals surface area (Å²) >= 11 is 0. The minimum absolute atomic E-state index is 0.644. The molecular formula is C24H30N4O. The van der Waals surface area contributed by atoms with Crippen LogP contribution in [-0.4, -0.2) is 34.3 Å². The number of rotatable bonds is 5. The Labute approximate surface area is 172 Å². The van der Waals surface area contributed by atoms with E-state index in [4.69, 9.17) is 14.8 Å². The second-order valence-corrected chi connectivity index (χ2v) is 8.46. The van der Waals surface area contributed by atoms with Crippen molar-refractivity contribution >= 4 is 11.5 Å². The maximum atomic E-state index is 5.41. The smallest absolute Gasteiger partial charge is 0.165 e. The lowest BCUT2D eigenvalue weighted by atomic mass is 9.91. The number of ether oxygens (including phenoxy) is 1. The van der Waals surface area contributed by atoms with Crippen LogP contribution in [0.5, 0.6) is 5.75 Å². The second kappa shape index (κ2) is 7.05. The molecule has 0 N–H and O–H groups in total. The molecule has 152 valence electrons. The summed E-state index contributed by atoms with van der Waals surface area (Å²) in [5, 5.41) is 5.04. The Balaban J connectivity index is 1.76. The van der Waals surface area contributed by atoms with Gasteiger partial charge in [-0.25, -0.2) is 4.98 Å². The minimum atomic E-state index is 0.644. The molecule has 29 heavy (non-hydrogen) atoms. The molecule has 2 aliphatic carbocycles. The van der Waals surface area contributed by atoms with Crippen LogP contribution in [0.3, 0.4) is 0 Å². The minimum Gasteiger partial charge on any atom is -0.497 e. The van der Waals surface area contributed by atoms with Gasteiger partial charge in [0.1, 0.15) is 11.6 Å². The molecule has 0 aliphatic heterocycles.